The van der Waals surface area contributed by atoms with Crippen molar-refractivity contribution in [3.8, 4) is 0 Å². The molecule has 5 nitrogen and oxygen atoms in total. The fourth-order valence-corrected chi connectivity index (χ4v) is 1.68. The van der Waals surface area contributed by atoms with Gasteiger partial charge in [0.05, 0.1) is 6.21 Å². The molecule has 102 valence electrons. The average Bonchev–Trinajstić information content (AvgIpc) is 2.27. The third-order valence-corrected chi connectivity index (χ3v) is 2.49. The Hall–Kier alpha value is -1.95. The highest BCUT2D eigenvalue weighted by Crippen LogP contribution is 2.25. The number of nitrogens with zero attached hydrogens (tertiary/aromatic N) is 1. The number of carbonyl (C=O) groups is 1. The first-order valence-corrected chi connectivity index (χ1v) is 6.31. The molecule has 0 radical (unpaired) electrons. The maximum atomic E-state index is 11.2. The minimum atomic E-state index is -0.0998. The van der Waals surface area contributed by atoms with E-state index in [0.717, 1.165) is 16.8 Å². The molecule has 0 unspecified atom stereocenters. The summed E-state index contributed by atoms with van der Waals surface area (Å²) < 4.78 is 0. The Kier molecular flexibility index (Phi) is 5.44. The molecule has 0 saturated carbocycles. The summed E-state index contributed by atoms with van der Waals surface area (Å²) >= 11 is 4.64. The van der Waals surface area contributed by atoms with E-state index in [1.165, 1.54) is 6.92 Å². The number of rotatable bonds is 4. The van der Waals surface area contributed by atoms with Crippen LogP contribution in [0.15, 0.2) is 23.3 Å². The van der Waals surface area contributed by atoms with Gasteiger partial charge in [-0.05, 0) is 35.3 Å². The monoisotopic (exact) mass is 278 g/mol. The summed E-state index contributed by atoms with van der Waals surface area (Å²) in [5.41, 5.74) is 10.5. The van der Waals surface area contributed by atoms with Gasteiger partial charge in [0.2, 0.25) is 5.91 Å². The average molecular weight is 278 g/mol. The number of hydrogen-bond acceptors (Lipinski definition) is 3. The Labute approximate surface area is 118 Å². The second-order valence-corrected chi connectivity index (χ2v) is 4.86. The van der Waals surface area contributed by atoms with Crippen LogP contribution in [0.5, 0.6) is 0 Å². The molecule has 6 heteroatoms. The predicted molar refractivity (Wildman–Crippen MR) is 82.3 cm³/mol. The van der Waals surface area contributed by atoms with E-state index in [1.54, 1.807) is 6.21 Å². The van der Waals surface area contributed by atoms with Crippen molar-refractivity contribution in [3.05, 3.63) is 29.3 Å². The molecule has 1 aromatic carbocycles. The lowest BCUT2D eigenvalue weighted by atomic mass is 9.99. The maximum absolute atomic E-state index is 11.2. The summed E-state index contributed by atoms with van der Waals surface area (Å²) in [7, 11) is 0. The van der Waals surface area contributed by atoms with Gasteiger partial charge in [-0.25, -0.2) is 0 Å². The highest BCUT2D eigenvalue weighted by atomic mass is 32.1. The van der Waals surface area contributed by atoms with E-state index in [0.29, 0.717) is 5.92 Å². The smallest absolute Gasteiger partial charge is 0.221 e. The van der Waals surface area contributed by atoms with Crippen LogP contribution in [0.1, 0.15) is 37.8 Å². The Morgan fingerprint density at radius 1 is 1.47 bits per heavy atom. The van der Waals surface area contributed by atoms with E-state index in [2.05, 4.69) is 41.9 Å². The van der Waals surface area contributed by atoms with Gasteiger partial charge in [0.1, 0.15) is 0 Å². The van der Waals surface area contributed by atoms with Crippen LogP contribution in [0.2, 0.25) is 0 Å². The highest BCUT2D eigenvalue weighted by Gasteiger charge is 2.08. The van der Waals surface area contributed by atoms with Crippen LogP contribution in [-0.2, 0) is 4.79 Å². The van der Waals surface area contributed by atoms with Crippen molar-refractivity contribution in [2.75, 3.05) is 5.32 Å². The van der Waals surface area contributed by atoms with E-state index in [4.69, 9.17) is 5.73 Å². The number of nitrogens with one attached hydrogen (secondary N) is 2. The number of hydrazone groups is 1. The zero-order valence-electron chi connectivity index (χ0n) is 11.2. The SMILES string of the molecule is CC(=O)Nc1cc(/C=N\NC(N)=S)ccc1C(C)C. The normalized spacial score (nSPS) is 10.7. The molecule has 0 aliphatic heterocycles. The molecule has 0 atom stereocenters. The van der Waals surface area contributed by atoms with Crippen LogP contribution in [0.3, 0.4) is 0 Å². The van der Waals surface area contributed by atoms with Crippen LogP contribution in [0, 0.1) is 0 Å². The van der Waals surface area contributed by atoms with E-state index in [-0.39, 0.29) is 11.0 Å². The van der Waals surface area contributed by atoms with Gasteiger partial charge < -0.3 is 11.1 Å². The highest BCUT2D eigenvalue weighted by molar-refractivity contribution is 7.80. The lowest BCUT2D eigenvalue weighted by Gasteiger charge is -2.13. The number of anilines is 1. The van der Waals surface area contributed by atoms with Crippen LogP contribution in [-0.4, -0.2) is 17.2 Å². The first-order chi connectivity index (χ1) is 8.90. The first kappa shape index (κ1) is 15.1. The second-order valence-electron chi connectivity index (χ2n) is 4.42. The predicted octanol–water partition coefficient (Wildman–Crippen LogP) is 1.94. The van der Waals surface area contributed by atoms with Crippen LogP contribution in [0.4, 0.5) is 5.69 Å². The van der Waals surface area contributed by atoms with Crippen molar-refractivity contribution in [2.45, 2.75) is 26.7 Å². The van der Waals surface area contributed by atoms with Gasteiger partial charge in [-0.3, -0.25) is 10.2 Å². The topological polar surface area (TPSA) is 79.5 Å². The van der Waals surface area contributed by atoms with Crippen LogP contribution >= 0.6 is 12.2 Å². The number of thiocarbonyl (C=S) groups is 1. The van der Waals surface area contributed by atoms with Crippen molar-refractivity contribution < 1.29 is 4.79 Å². The summed E-state index contributed by atoms with van der Waals surface area (Å²) in [6, 6.07) is 5.75. The Morgan fingerprint density at radius 3 is 2.68 bits per heavy atom. The van der Waals surface area contributed by atoms with Gasteiger partial charge in [0.15, 0.2) is 5.11 Å². The molecule has 0 spiro atoms. The molecule has 1 rings (SSSR count). The number of hydrogen-bond donors (Lipinski definition) is 3. The van der Waals surface area contributed by atoms with Crippen molar-refractivity contribution in [3.63, 3.8) is 0 Å². The number of amides is 1. The van der Waals surface area contributed by atoms with Crippen molar-refractivity contribution in [1.82, 2.24) is 5.43 Å². The summed E-state index contributed by atoms with van der Waals surface area (Å²) in [5, 5.41) is 6.81. The summed E-state index contributed by atoms with van der Waals surface area (Å²) in [5.74, 6) is 0.222. The first-order valence-electron chi connectivity index (χ1n) is 5.90. The van der Waals surface area contributed by atoms with E-state index < -0.39 is 0 Å². The molecule has 1 amide bonds. The van der Waals surface area contributed by atoms with Gasteiger partial charge in [-0.2, -0.15) is 5.10 Å². The van der Waals surface area contributed by atoms with Crippen LogP contribution < -0.4 is 16.5 Å². The van der Waals surface area contributed by atoms with Crippen molar-refractivity contribution in [2.24, 2.45) is 10.8 Å². The lowest BCUT2D eigenvalue weighted by molar-refractivity contribution is -0.114. The fraction of sp³-hybridized carbons (Fsp3) is 0.308. The second kappa shape index (κ2) is 6.84. The third-order valence-electron chi connectivity index (χ3n) is 2.40. The molecule has 4 N–H and O–H groups in total. The summed E-state index contributed by atoms with van der Waals surface area (Å²) in [6.45, 7) is 5.63. The largest absolute Gasteiger partial charge is 0.375 e. The molecule has 0 aliphatic rings. The Balaban J connectivity index is 3.00. The van der Waals surface area contributed by atoms with Gasteiger partial charge >= 0.3 is 0 Å². The van der Waals surface area contributed by atoms with E-state index in [1.807, 2.05) is 18.2 Å². The summed E-state index contributed by atoms with van der Waals surface area (Å²) in [4.78, 5) is 11.2. The molecule has 0 bridgehead atoms. The maximum Gasteiger partial charge on any atom is 0.221 e. The minimum absolute atomic E-state index is 0.0998. The lowest BCUT2D eigenvalue weighted by Crippen LogP contribution is -2.24. The standard InChI is InChI=1S/C13H18N4OS/c1-8(2)11-5-4-10(7-15-17-13(14)19)6-12(11)16-9(3)18/h4-8H,1-3H3,(H,16,18)(H3,14,17,19)/b15-7-. The number of nitrogens with two attached hydrogens (primary N) is 1. The van der Waals surface area contributed by atoms with Gasteiger partial charge in [-0.15, -0.1) is 0 Å². The van der Waals surface area contributed by atoms with Crippen molar-refractivity contribution in [1.29, 1.82) is 0 Å². The van der Waals surface area contributed by atoms with E-state index in [9.17, 15) is 4.79 Å². The molecular formula is C13H18N4OS. The van der Waals surface area contributed by atoms with E-state index >= 15 is 0 Å². The molecule has 0 heterocycles. The fourth-order valence-electron chi connectivity index (χ4n) is 1.63. The molecule has 1 aromatic rings. The number of carbonyl (C=O) groups excluding carboxylic acids is 1. The zero-order chi connectivity index (χ0) is 14.4. The molecule has 19 heavy (non-hydrogen) atoms. The minimum Gasteiger partial charge on any atom is -0.375 e. The molecule has 0 saturated heterocycles. The third kappa shape index (κ3) is 5.05. The Morgan fingerprint density at radius 2 is 2.16 bits per heavy atom. The van der Waals surface area contributed by atoms with Gasteiger partial charge in [0.25, 0.3) is 0 Å². The molecular weight excluding hydrogens is 260 g/mol. The van der Waals surface area contributed by atoms with Crippen molar-refractivity contribution >= 4 is 35.1 Å². The molecule has 0 aliphatic carbocycles. The quantitative estimate of drug-likeness (QED) is 0.447. The molecule has 0 fully saturated rings. The zero-order valence-corrected chi connectivity index (χ0v) is 12.0. The van der Waals surface area contributed by atoms with Crippen LogP contribution in [0.25, 0.3) is 0 Å². The van der Waals surface area contributed by atoms with Gasteiger partial charge in [0, 0.05) is 12.6 Å². The van der Waals surface area contributed by atoms with Gasteiger partial charge in [-0.1, -0.05) is 26.0 Å². The molecule has 0 aromatic heterocycles. The number of benzene rings is 1. The summed E-state index contributed by atoms with van der Waals surface area (Å²) in [6.07, 6.45) is 1.59. The Bertz CT molecular complexity index is 511.